The number of sulfonamides is 2. The van der Waals surface area contributed by atoms with E-state index >= 15 is 0 Å². The first-order valence-electron chi connectivity index (χ1n) is 27.2. The predicted octanol–water partition coefficient (Wildman–Crippen LogP) is 13.6. The van der Waals surface area contributed by atoms with Crippen LogP contribution in [0.4, 0.5) is 0 Å². The largest absolute Gasteiger partial charge is 0.344 e. The van der Waals surface area contributed by atoms with E-state index in [1.165, 1.54) is 16.7 Å². The van der Waals surface area contributed by atoms with Crippen molar-refractivity contribution in [2.75, 3.05) is 56.4 Å². The number of hydrogen-bond donors (Lipinski definition) is 3. The van der Waals surface area contributed by atoms with Crippen molar-refractivity contribution in [3.63, 3.8) is 0 Å². The van der Waals surface area contributed by atoms with Crippen LogP contribution in [0.25, 0.3) is 0 Å². The quantitative estimate of drug-likeness (QED) is 0.0559. The van der Waals surface area contributed by atoms with Gasteiger partial charge in [-0.15, -0.1) is 0 Å². The van der Waals surface area contributed by atoms with E-state index in [2.05, 4.69) is 158 Å². The minimum absolute atomic E-state index is 0. The minimum atomic E-state index is -3.42. The zero-order valence-electron chi connectivity index (χ0n) is 54.2. The van der Waals surface area contributed by atoms with Crippen molar-refractivity contribution < 1.29 is 25.3 Å². The number of benzene rings is 4. The number of rotatable bonds is 20. The molecule has 6 N–H and O–H groups in total. The maximum Gasteiger partial charge on any atom is 0.213 e. The molecule has 82 heavy (non-hydrogen) atoms. The molecule has 2 atom stereocenters. The van der Waals surface area contributed by atoms with Gasteiger partial charge in [0.2, 0.25) is 20.0 Å². The van der Waals surface area contributed by atoms with Gasteiger partial charge in [-0.25, -0.2) is 34.8 Å². The van der Waals surface area contributed by atoms with Gasteiger partial charge in [-0.05, 0) is 164 Å². The van der Waals surface area contributed by atoms with Gasteiger partial charge < -0.3 is 25.8 Å². The smallest absolute Gasteiger partial charge is 0.213 e. The minimum Gasteiger partial charge on any atom is -0.344 e. The molecule has 2 unspecified atom stereocenters. The molecule has 470 valence electrons. The summed E-state index contributed by atoms with van der Waals surface area (Å²) in [6.45, 7) is 35.2. The predicted molar refractivity (Wildman–Crippen MR) is 365 cm³/mol. The van der Waals surface area contributed by atoms with Crippen molar-refractivity contribution in [2.24, 2.45) is 13.2 Å². The molecule has 0 radical (unpaired) electrons. The summed E-state index contributed by atoms with van der Waals surface area (Å²) in [6, 6.07) is 31.5. The Hall–Kier alpha value is -2.37. The number of hydrogen-bond acceptors (Lipinski definition) is 13. The molecule has 15 nitrogen and oxygen atoms in total. The maximum atomic E-state index is 12.7. The van der Waals surface area contributed by atoms with Crippen molar-refractivity contribution in [3.8, 4) is 0 Å². The number of nitrogens with zero attached hydrogens (tertiary/aromatic N) is 6. The van der Waals surface area contributed by atoms with Crippen molar-refractivity contribution in [1.82, 2.24) is 30.1 Å². The highest BCUT2D eigenvalue weighted by Gasteiger charge is 2.40. The molecule has 0 aromatic heterocycles. The zero-order chi connectivity index (χ0) is 63.0. The van der Waals surface area contributed by atoms with E-state index in [1.54, 1.807) is 12.1 Å². The molecule has 0 aliphatic heterocycles. The summed E-state index contributed by atoms with van der Waals surface area (Å²) in [4.78, 5) is 8.37. The third-order valence-corrected chi connectivity index (χ3v) is 39.1. The fourth-order valence-corrected chi connectivity index (χ4v) is 26.0. The molecule has 0 bridgehead atoms. The number of nitrogens with two attached hydrogens (primary N) is 1. The molecule has 4 aromatic rings. The SMILES string of the molecule is CN(C)Cc1ccc(CS(=O)(=O)N[Si](C)(C)C(C)(C)C)cc1.CN(C)Cc1ccc(CS(=O)(Cl)=N[Si](C)(C)C(C)(C)C)cc1.CN(C)Cc1ccc(CS(=O)(Cl)=N[Si](C)(C)C(C)(C)C)cc1.CN(C)Cc1ccc(CS(N)(=O)=O)cc1.N. The average Bonchev–Trinajstić information content (AvgIpc) is 3.23. The molecular weight excluding hydrogens is 1200 g/mol. The Labute approximate surface area is 512 Å². The number of nitrogens with one attached hydrogen (secondary N) is 1. The second kappa shape index (κ2) is 32.6. The van der Waals surface area contributed by atoms with E-state index in [4.69, 9.17) is 26.5 Å². The van der Waals surface area contributed by atoms with Gasteiger partial charge in [-0.3, -0.25) is 8.06 Å². The first-order chi connectivity index (χ1) is 36.3. The average molecular weight is 1310 g/mol. The summed E-state index contributed by atoms with van der Waals surface area (Å²) in [6.07, 6.45) is 0. The summed E-state index contributed by atoms with van der Waals surface area (Å²) in [5.41, 5.74) is 8.30. The van der Waals surface area contributed by atoms with Crippen LogP contribution in [-0.4, -0.2) is 126 Å². The normalized spacial score (nSPS) is 14.3. The lowest BCUT2D eigenvalue weighted by Crippen LogP contribution is -2.54. The van der Waals surface area contributed by atoms with E-state index in [0.29, 0.717) is 11.5 Å². The van der Waals surface area contributed by atoms with Gasteiger partial charge in [0.1, 0.15) is 26.1 Å². The van der Waals surface area contributed by atoms with Gasteiger partial charge in [-0.2, -0.15) is 0 Å². The van der Waals surface area contributed by atoms with E-state index in [0.717, 1.165) is 54.0 Å². The molecule has 0 aliphatic carbocycles. The van der Waals surface area contributed by atoms with E-state index < -0.39 is 62.6 Å². The van der Waals surface area contributed by atoms with Crippen LogP contribution < -0.4 is 15.7 Å². The van der Waals surface area contributed by atoms with Crippen molar-refractivity contribution >= 4 is 84.0 Å². The van der Waals surface area contributed by atoms with Crippen LogP contribution in [0, 0.1) is 0 Å². The summed E-state index contributed by atoms with van der Waals surface area (Å²) in [7, 11) is 10.4. The molecule has 4 aromatic carbocycles. The van der Waals surface area contributed by atoms with Crippen LogP contribution in [-0.2, 0) is 87.1 Å². The number of halogens is 2. The molecular formula is C58H107Cl2N9O6S4Si3. The van der Waals surface area contributed by atoms with E-state index in [1.807, 2.05) is 117 Å². The molecule has 0 fully saturated rings. The van der Waals surface area contributed by atoms with E-state index in [9.17, 15) is 25.3 Å². The van der Waals surface area contributed by atoms with Crippen molar-refractivity contribution in [1.29, 1.82) is 0 Å². The standard InChI is InChI=1S/2C16H29ClN2OSSi.C16H30N2O2SSi.C10H16N2O2S.H3N/c2*1-16(2,3)22(6,7)18-21(17,20)13-15-10-8-14(9-11-15)12-19(4)5;1-16(2,3)22(6,7)17-21(19,20)13-15-10-8-14(9-11-15)12-18(4)5;1-12(2)7-9-3-5-10(6-4-9)8-15(11,13)14;/h2*8-11H,12-13H2,1-7H3;8-11,17H,12-13H2,1-7H3;3-6H,7-8H2,1-2H3,(H2,11,13,14);1H3. The van der Waals surface area contributed by atoms with Crippen molar-refractivity contribution in [3.05, 3.63) is 142 Å². The monoisotopic (exact) mass is 1310 g/mol. The Morgan fingerprint density at radius 2 is 0.610 bits per heavy atom. The second-order valence-corrected chi connectivity index (χ2v) is 52.1. The van der Waals surface area contributed by atoms with Crippen LogP contribution in [0.3, 0.4) is 0 Å². The Morgan fingerprint density at radius 3 is 0.805 bits per heavy atom. The van der Waals surface area contributed by atoms with Gasteiger partial charge in [0.15, 0.2) is 16.5 Å². The van der Waals surface area contributed by atoms with Crippen LogP contribution in [0.5, 0.6) is 0 Å². The fraction of sp³-hybridized carbons (Fsp3) is 0.586. The summed E-state index contributed by atoms with van der Waals surface area (Å²) >= 11 is 0. The summed E-state index contributed by atoms with van der Waals surface area (Å²) < 4.78 is 84.1. The Bertz CT molecular complexity index is 2940. The van der Waals surface area contributed by atoms with Gasteiger partial charge in [0.05, 0.1) is 23.0 Å². The third-order valence-electron chi connectivity index (χ3n) is 14.2. The lowest BCUT2D eigenvalue weighted by Gasteiger charge is -2.36. The van der Waals surface area contributed by atoms with Crippen LogP contribution in [0.2, 0.25) is 54.4 Å². The Kier molecular flexibility index (Phi) is 31.6. The lowest BCUT2D eigenvalue weighted by atomic mass is 10.1. The molecule has 24 heteroatoms. The number of primary sulfonamides is 1. The highest BCUT2D eigenvalue weighted by atomic mass is 35.7. The lowest BCUT2D eigenvalue weighted by molar-refractivity contribution is 0.402. The molecule has 4 rings (SSSR count). The topological polar surface area (TPSA) is 213 Å². The maximum absolute atomic E-state index is 12.7. The molecule has 0 spiro atoms. The van der Waals surface area contributed by atoms with E-state index in [-0.39, 0.29) is 32.8 Å². The highest BCUT2D eigenvalue weighted by molar-refractivity contribution is 8.15. The van der Waals surface area contributed by atoms with Crippen LogP contribution >= 0.6 is 21.4 Å². The first kappa shape index (κ1) is 79.6. The zero-order valence-corrected chi connectivity index (χ0v) is 62.0. The molecule has 0 aliphatic rings. The second-order valence-electron chi connectivity index (χ2n) is 27.0. The highest BCUT2D eigenvalue weighted by Crippen LogP contribution is 2.40. The summed E-state index contributed by atoms with van der Waals surface area (Å²) in [5, 5.41) is 5.02. The molecule has 0 saturated heterocycles. The summed E-state index contributed by atoms with van der Waals surface area (Å²) in [5.74, 6) is 0.559. The third kappa shape index (κ3) is 32.4. The molecule has 0 saturated carbocycles. The van der Waals surface area contributed by atoms with Crippen LogP contribution in [0.15, 0.2) is 105 Å². The van der Waals surface area contributed by atoms with Gasteiger partial charge >= 0.3 is 0 Å². The molecule has 0 heterocycles. The van der Waals surface area contributed by atoms with Crippen molar-refractivity contribution in [2.45, 2.75) is 166 Å². The van der Waals surface area contributed by atoms with Gasteiger partial charge in [-0.1, -0.05) is 172 Å². The Morgan fingerprint density at radius 1 is 0.402 bits per heavy atom. The first-order valence-corrected chi connectivity index (χ1v) is 44.5. The Balaban J connectivity index is 0.00000107. The fourth-order valence-electron chi connectivity index (χ4n) is 6.88. The van der Waals surface area contributed by atoms with Gasteiger partial charge in [0.25, 0.3) is 0 Å². The van der Waals surface area contributed by atoms with Crippen LogP contribution in [0.1, 0.15) is 107 Å². The van der Waals surface area contributed by atoms with Gasteiger partial charge in [0, 0.05) is 26.2 Å². The molecule has 0 amide bonds.